The molecule has 0 radical (unpaired) electrons. The number of nitrogens with two attached hydrogens (primary N) is 1. The van der Waals surface area contributed by atoms with Gasteiger partial charge in [0.2, 0.25) is 0 Å². The third kappa shape index (κ3) is 1.71. The van der Waals surface area contributed by atoms with E-state index in [1.54, 1.807) is 18.5 Å². The first kappa shape index (κ1) is 10.6. The predicted molar refractivity (Wildman–Crippen MR) is 53.0 cm³/mol. The van der Waals surface area contributed by atoms with Crippen LogP contribution in [-0.2, 0) is 18.2 Å². The van der Waals surface area contributed by atoms with Crippen molar-refractivity contribution in [3.63, 3.8) is 0 Å². The van der Waals surface area contributed by atoms with Crippen LogP contribution in [0.5, 0.6) is 0 Å². The largest absolute Gasteiger partial charge is 0.461 e. The SMILES string of the molecule is CCOC(=O)c1nc(CC)n(C)c1N. The van der Waals surface area contributed by atoms with Gasteiger partial charge in [-0.1, -0.05) is 6.92 Å². The van der Waals surface area contributed by atoms with E-state index in [1.165, 1.54) is 0 Å². The molecule has 0 bridgehead atoms. The molecule has 1 rings (SSSR count). The number of imidazole rings is 1. The second-order valence-electron chi connectivity index (χ2n) is 2.89. The fraction of sp³-hybridized carbons (Fsp3) is 0.556. The van der Waals surface area contributed by atoms with Crippen LogP contribution < -0.4 is 5.73 Å². The van der Waals surface area contributed by atoms with Crippen molar-refractivity contribution in [2.24, 2.45) is 7.05 Å². The Bertz CT molecular complexity index is 344. The molecule has 0 fully saturated rings. The number of esters is 1. The highest BCUT2D eigenvalue weighted by Crippen LogP contribution is 2.14. The Hall–Kier alpha value is -1.52. The van der Waals surface area contributed by atoms with E-state index < -0.39 is 5.97 Å². The summed E-state index contributed by atoms with van der Waals surface area (Å²) in [7, 11) is 1.78. The van der Waals surface area contributed by atoms with Gasteiger partial charge in [-0.3, -0.25) is 0 Å². The second kappa shape index (κ2) is 4.13. The maximum absolute atomic E-state index is 11.4. The Morgan fingerprint density at radius 2 is 2.21 bits per heavy atom. The number of rotatable bonds is 3. The summed E-state index contributed by atoms with van der Waals surface area (Å²) in [6.07, 6.45) is 0.736. The number of anilines is 1. The maximum atomic E-state index is 11.4. The van der Waals surface area contributed by atoms with Crippen molar-refractivity contribution >= 4 is 11.8 Å². The number of nitrogen functional groups attached to an aromatic ring is 1. The average Bonchev–Trinajstić information content (AvgIpc) is 2.44. The lowest BCUT2D eigenvalue weighted by Crippen LogP contribution is -2.08. The summed E-state index contributed by atoms with van der Waals surface area (Å²) >= 11 is 0. The van der Waals surface area contributed by atoms with Crippen molar-refractivity contribution in [3.8, 4) is 0 Å². The third-order valence-corrected chi connectivity index (χ3v) is 2.02. The maximum Gasteiger partial charge on any atom is 0.360 e. The van der Waals surface area contributed by atoms with Crippen LogP contribution in [0.25, 0.3) is 0 Å². The van der Waals surface area contributed by atoms with E-state index in [0.29, 0.717) is 12.4 Å². The van der Waals surface area contributed by atoms with Crippen LogP contribution in [0.1, 0.15) is 30.2 Å². The molecule has 0 saturated heterocycles. The first-order chi connectivity index (χ1) is 6.61. The highest BCUT2D eigenvalue weighted by Gasteiger charge is 2.18. The van der Waals surface area contributed by atoms with Crippen LogP contribution in [0.2, 0.25) is 0 Å². The molecule has 0 spiro atoms. The number of nitrogens with zero attached hydrogens (tertiary/aromatic N) is 2. The summed E-state index contributed by atoms with van der Waals surface area (Å²) in [6.45, 7) is 4.03. The molecule has 1 aromatic rings. The van der Waals surface area contributed by atoms with E-state index in [4.69, 9.17) is 10.5 Å². The lowest BCUT2D eigenvalue weighted by atomic mass is 10.4. The number of hydrogen-bond donors (Lipinski definition) is 1. The first-order valence-electron chi connectivity index (χ1n) is 4.60. The van der Waals surface area contributed by atoms with Crippen molar-refractivity contribution in [1.82, 2.24) is 9.55 Å². The van der Waals surface area contributed by atoms with Crippen LogP contribution >= 0.6 is 0 Å². The number of aromatic nitrogens is 2. The van der Waals surface area contributed by atoms with E-state index in [1.807, 2.05) is 6.92 Å². The van der Waals surface area contributed by atoms with Crippen molar-refractivity contribution in [1.29, 1.82) is 0 Å². The highest BCUT2D eigenvalue weighted by atomic mass is 16.5. The van der Waals surface area contributed by atoms with Crippen molar-refractivity contribution < 1.29 is 9.53 Å². The summed E-state index contributed by atoms with van der Waals surface area (Å²) in [6, 6.07) is 0. The lowest BCUT2D eigenvalue weighted by molar-refractivity contribution is 0.0521. The quantitative estimate of drug-likeness (QED) is 0.725. The number of hydrogen-bond acceptors (Lipinski definition) is 4. The molecule has 0 unspecified atom stereocenters. The van der Waals surface area contributed by atoms with Gasteiger partial charge in [0.25, 0.3) is 0 Å². The van der Waals surface area contributed by atoms with Gasteiger partial charge < -0.3 is 15.0 Å². The van der Waals surface area contributed by atoms with Crippen molar-refractivity contribution in [2.45, 2.75) is 20.3 Å². The van der Waals surface area contributed by atoms with Crippen molar-refractivity contribution in [2.75, 3.05) is 12.3 Å². The molecule has 0 aliphatic heterocycles. The number of aryl methyl sites for hydroxylation is 1. The minimum Gasteiger partial charge on any atom is -0.461 e. The van der Waals surface area contributed by atoms with Crippen LogP contribution in [0.3, 0.4) is 0 Å². The Labute approximate surface area is 82.9 Å². The summed E-state index contributed by atoms with van der Waals surface area (Å²) in [5.74, 6) is 0.686. The molecule has 5 heteroatoms. The molecule has 2 N–H and O–H groups in total. The van der Waals surface area contributed by atoms with Gasteiger partial charge in [0, 0.05) is 13.5 Å². The molecule has 1 aromatic heterocycles. The fourth-order valence-corrected chi connectivity index (χ4v) is 1.23. The molecule has 0 atom stereocenters. The van der Waals surface area contributed by atoms with Gasteiger partial charge in [0.05, 0.1) is 6.61 Å². The van der Waals surface area contributed by atoms with Gasteiger partial charge >= 0.3 is 5.97 Å². The van der Waals surface area contributed by atoms with Gasteiger partial charge in [0.1, 0.15) is 11.6 Å². The minimum absolute atomic E-state index is 0.214. The molecular weight excluding hydrogens is 182 g/mol. The first-order valence-corrected chi connectivity index (χ1v) is 4.60. The van der Waals surface area contributed by atoms with Crippen LogP contribution in [0.4, 0.5) is 5.82 Å². The normalized spacial score (nSPS) is 10.2. The zero-order chi connectivity index (χ0) is 10.7. The van der Waals surface area contributed by atoms with E-state index in [-0.39, 0.29) is 5.69 Å². The number of ether oxygens (including phenoxy) is 1. The molecule has 0 aliphatic rings. The average molecular weight is 197 g/mol. The van der Waals surface area contributed by atoms with Gasteiger partial charge in [-0.05, 0) is 6.92 Å². The van der Waals surface area contributed by atoms with Crippen LogP contribution in [0.15, 0.2) is 0 Å². The topological polar surface area (TPSA) is 70.1 Å². The lowest BCUT2D eigenvalue weighted by Gasteiger charge is -2.00. The molecule has 14 heavy (non-hydrogen) atoms. The molecule has 0 amide bonds. The number of carbonyl (C=O) groups is 1. The van der Waals surface area contributed by atoms with Crippen LogP contribution in [-0.4, -0.2) is 22.1 Å². The molecule has 0 saturated carbocycles. The summed E-state index contributed by atoms with van der Waals surface area (Å²) in [5, 5.41) is 0. The summed E-state index contributed by atoms with van der Waals surface area (Å²) in [4.78, 5) is 15.5. The van der Waals surface area contributed by atoms with Gasteiger partial charge in [-0.15, -0.1) is 0 Å². The van der Waals surface area contributed by atoms with Crippen LogP contribution in [0, 0.1) is 0 Å². The van der Waals surface area contributed by atoms with Crippen molar-refractivity contribution in [3.05, 3.63) is 11.5 Å². The van der Waals surface area contributed by atoms with E-state index in [2.05, 4.69) is 4.98 Å². The molecule has 78 valence electrons. The minimum atomic E-state index is -0.458. The Morgan fingerprint density at radius 3 is 2.64 bits per heavy atom. The number of carbonyl (C=O) groups excluding carboxylic acids is 1. The standard InChI is InChI=1S/C9H15N3O2/c1-4-6-11-7(8(10)12(6)3)9(13)14-5-2/h4-5,10H2,1-3H3. The molecular formula is C9H15N3O2. The van der Waals surface area contributed by atoms with E-state index in [0.717, 1.165) is 12.2 Å². The smallest absolute Gasteiger partial charge is 0.360 e. The van der Waals surface area contributed by atoms with E-state index >= 15 is 0 Å². The fourth-order valence-electron chi connectivity index (χ4n) is 1.23. The molecule has 1 heterocycles. The molecule has 0 aromatic carbocycles. The second-order valence-corrected chi connectivity index (χ2v) is 2.89. The predicted octanol–water partition coefficient (Wildman–Crippen LogP) is 0.741. The summed E-state index contributed by atoms with van der Waals surface area (Å²) in [5.41, 5.74) is 5.92. The molecule has 5 nitrogen and oxygen atoms in total. The highest BCUT2D eigenvalue weighted by molar-refractivity contribution is 5.92. The zero-order valence-electron chi connectivity index (χ0n) is 8.70. The van der Waals surface area contributed by atoms with Gasteiger partial charge in [0.15, 0.2) is 5.69 Å². The van der Waals surface area contributed by atoms with E-state index in [9.17, 15) is 4.79 Å². The Morgan fingerprint density at radius 1 is 1.57 bits per heavy atom. The Kier molecular flexibility index (Phi) is 3.11. The molecule has 0 aliphatic carbocycles. The monoisotopic (exact) mass is 197 g/mol. The van der Waals surface area contributed by atoms with Gasteiger partial charge in [-0.2, -0.15) is 0 Å². The third-order valence-electron chi connectivity index (χ3n) is 2.02. The zero-order valence-corrected chi connectivity index (χ0v) is 8.70. The van der Waals surface area contributed by atoms with Gasteiger partial charge in [-0.25, -0.2) is 9.78 Å². The summed E-state index contributed by atoms with van der Waals surface area (Å²) < 4.78 is 6.53. The Balaban J connectivity index is 3.04.